The predicted molar refractivity (Wildman–Crippen MR) is 116 cm³/mol. The molecule has 0 saturated heterocycles. The number of aromatic amines is 1. The van der Waals surface area contributed by atoms with Crippen LogP contribution in [0.1, 0.15) is 53.8 Å². The molecule has 1 aromatic heterocycles. The van der Waals surface area contributed by atoms with Crippen molar-refractivity contribution in [3.8, 4) is 5.75 Å². The van der Waals surface area contributed by atoms with Crippen LogP contribution in [0.3, 0.4) is 0 Å². The molecule has 0 amide bonds. The van der Waals surface area contributed by atoms with E-state index in [0.29, 0.717) is 25.7 Å². The van der Waals surface area contributed by atoms with Crippen LogP contribution >= 0.6 is 0 Å². The standard InChI is InChI=1S/C25H22F6N2O2/c26-24(27,28)18-10-17(11-19(12-18)25(29,30)31)23(8-4-5-9-23)13-21-32-14-20(22(34)33-21)35-15-16-6-2-1-3-7-16/h1-3,6-7,10-12,14H,4-5,8-9,13,15H2,(H,32,33,34). The van der Waals surface area contributed by atoms with E-state index in [2.05, 4.69) is 9.97 Å². The molecule has 3 aromatic rings. The minimum Gasteiger partial charge on any atom is -0.482 e. The van der Waals surface area contributed by atoms with E-state index in [9.17, 15) is 31.1 Å². The fourth-order valence-electron chi connectivity index (χ4n) is 4.55. The first-order valence-electron chi connectivity index (χ1n) is 11.0. The molecule has 1 aliphatic carbocycles. The molecule has 0 aliphatic heterocycles. The number of benzene rings is 2. The van der Waals surface area contributed by atoms with E-state index in [4.69, 9.17) is 4.74 Å². The van der Waals surface area contributed by atoms with Crippen LogP contribution in [0, 0.1) is 0 Å². The summed E-state index contributed by atoms with van der Waals surface area (Å²) in [6, 6.07) is 10.8. The zero-order valence-corrected chi connectivity index (χ0v) is 18.5. The summed E-state index contributed by atoms with van der Waals surface area (Å²) in [6.45, 7) is 0.138. The van der Waals surface area contributed by atoms with Gasteiger partial charge in [-0.15, -0.1) is 0 Å². The number of alkyl halides is 6. The second-order valence-electron chi connectivity index (χ2n) is 8.76. The monoisotopic (exact) mass is 496 g/mol. The van der Waals surface area contributed by atoms with Gasteiger partial charge < -0.3 is 9.72 Å². The summed E-state index contributed by atoms with van der Waals surface area (Å²) in [6.07, 6.45) is -6.60. The molecule has 1 aliphatic rings. The molecule has 1 saturated carbocycles. The van der Waals surface area contributed by atoms with Crippen molar-refractivity contribution in [3.63, 3.8) is 0 Å². The third kappa shape index (κ3) is 5.68. The van der Waals surface area contributed by atoms with Gasteiger partial charge in [0.2, 0.25) is 5.75 Å². The third-order valence-corrected chi connectivity index (χ3v) is 6.32. The minimum atomic E-state index is -4.93. The Hall–Kier alpha value is -3.30. The number of halogens is 6. The molecule has 35 heavy (non-hydrogen) atoms. The SMILES string of the molecule is O=c1[nH]c(CC2(c3cc(C(F)(F)F)cc(C(F)(F)F)c3)CCCC2)ncc1OCc1ccccc1. The van der Waals surface area contributed by atoms with Crippen molar-refractivity contribution in [1.82, 2.24) is 9.97 Å². The van der Waals surface area contributed by atoms with E-state index in [-0.39, 0.29) is 36.2 Å². The molecule has 186 valence electrons. The largest absolute Gasteiger partial charge is 0.482 e. The van der Waals surface area contributed by atoms with Crippen LogP contribution in [0.25, 0.3) is 0 Å². The van der Waals surface area contributed by atoms with Crippen molar-refractivity contribution >= 4 is 0 Å². The highest BCUT2D eigenvalue weighted by molar-refractivity contribution is 5.39. The highest BCUT2D eigenvalue weighted by Crippen LogP contribution is 2.46. The van der Waals surface area contributed by atoms with Gasteiger partial charge in [-0.05, 0) is 42.2 Å². The number of hydrogen-bond acceptors (Lipinski definition) is 3. The predicted octanol–water partition coefficient (Wildman–Crippen LogP) is 6.44. The fraction of sp³-hybridized carbons (Fsp3) is 0.360. The maximum atomic E-state index is 13.4. The number of ether oxygens (including phenoxy) is 1. The number of nitrogens with one attached hydrogen (secondary N) is 1. The lowest BCUT2D eigenvalue weighted by Gasteiger charge is -2.31. The Morgan fingerprint density at radius 2 is 1.51 bits per heavy atom. The van der Waals surface area contributed by atoms with Gasteiger partial charge in [0.05, 0.1) is 17.3 Å². The number of rotatable bonds is 6. The Labute approximate surface area is 197 Å². The molecule has 1 heterocycles. The van der Waals surface area contributed by atoms with Crippen LogP contribution in [0.4, 0.5) is 26.3 Å². The summed E-state index contributed by atoms with van der Waals surface area (Å²) < 4.78 is 86.1. The molecule has 4 rings (SSSR count). The van der Waals surface area contributed by atoms with Crippen LogP contribution in [0.5, 0.6) is 5.75 Å². The van der Waals surface area contributed by atoms with Crippen molar-refractivity contribution < 1.29 is 31.1 Å². The molecule has 1 fully saturated rings. The van der Waals surface area contributed by atoms with Gasteiger partial charge in [0, 0.05) is 11.8 Å². The number of aromatic nitrogens is 2. The van der Waals surface area contributed by atoms with Gasteiger partial charge in [-0.2, -0.15) is 26.3 Å². The molecule has 0 spiro atoms. The summed E-state index contributed by atoms with van der Waals surface area (Å²) in [5.41, 5.74) is -3.49. The van der Waals surface area contributed by atoms with Gasteiger partial charge in [0.25, 0.3) is 5.56 Å². The van der Waals surface area contributed by atoms with Crippen LogP contribution in [0.2, 0.25) is 0 Å². The Bertz CT molecular complexity index is 1200. The Morgan fingerprint density at radius 3 is 2.06 bits per heavy atom. The number of nitrogens with zero attached hydrogens (tertiary/aromatic N) is 1. The average Bonchev–Trinajstić information content (AvgIpc) is 3.27. The van der Waals surface area contributed by atoms with Gasteiger partial charge in [-0.25, -0.2) is 4.98 Å². The van der Waals surface area contributed by atoms with Crippen LogP contribution in [-0.2, 0) is 30.8 Å². The first-order chi connectivity index (χ1) is 16.5. The quantitative estimate of drug-likeness (QED) is 0.400. The highest BCUT2D eigenvalue weighted by Gasteiger charge is 2.42. The van der Waals surface area contributed by atoms with Crippen molar-refractivity contribution in [2.45, 2.75) is 56.5 Å². The normalized spacial score (nSPS) is 15.8. The smallest absolute Gasteiger partial charge is 0.416 e. The molecule has 4 nitrogen and oxygen atoms in total. The number of hydrogen-bond donors (Lipinski definition) is 1. The lowest BCUT2D eigenvalue weighted by molar-refractivity contribution is -0.143. The average molecular weight is 496 g/mol. The zero-order chi connectivity index (χ0) is 25.3. The van der Waals surface area contributed by atoms with E-state index in [1.807, 2.05) is 30.3 Å². The second kappa shape index (κ2) is 9.39. The topological polar surface area (TPSA) is 55.0 Å². The van der Waals surface area contributed by atoms with Gasteiger partial charge in [-0.3, -0.25) is 4.79 Å². The zero-order valence-electron chi connectivity index (χ0n) is 18.5. The maximum absolute atomic E-state index is 13.4. The lowest BCUT2D eigenvalue weighted by Crippen LogP contribution is -2.29. The summed E-state index contributed by atoms with van der Waals surface area (Å²) in [7, 11) is 0. The minimum absolute atomic E-state index is 0.000186. The van der Waals surface area contributed by atoms with Crippen molar-refractivity contribution in [1.29, 1.82) is 0 Å². The first-order valence-corrected chi connectivity index (χ1v) is 11.0. The highest BCUT2D eigenvalue weighted by atomic mass is 19.4. The van der Waals surface area contributed by atoms with E-state index >= 15 is 0 Å². The van der Waals surface area contributed by atoms with Gasteiger partial charge in [0.1, 0.15) is 12.4 Å². The molecule has 10 heteroatoms. The third-order valence-electron chi connectivity index (χ3n) is 6.32. The van der Waals surface area contributed by atoms with Crippen molar-refractivity contribution in [2.24, 2.45) is 0 Å². The molecule has 0 atom stereocenters. The summed E-state index contributed by atoms with van der Waals surface area (Å²) in [4.78, 5) is 19.3. The van der Waals surface area contributed by atoms with Crippen molar-refractivity contribution in [2.75, 3.05) is 0 Å². The second-order valence-corrected chi connectivity index (χ2v) is 8.76. The summed E-state index contributed by atoms with van der Waals surface area (Å²) in [5.74, 6) is 0.145. The summed E-state index contributed by atoms with van der Waals surface area (Å²) in [5, 5.41) is 0. The lowest BCUT2D eigenvalue weighted by atomic mass is 9.74. The van der Waals surface area contributed by atoms with E-state index < -0.39 is 34.5 Å². The molecule has 0 bridgehead atoms. The van der Waals surface area contributed by atoms with E-state index in [1.165, 1.54) is 6.20 Å². The molecule has 0 unspecified atom stereocenters. The Morgan fingerprint density at radius 1 is 0.914 bits per heavy atom. The molecular weight excluding hydrogens is 474 g/mol. The molecule has 1 N–H and O–H groups in total. The molecule has 0 radical (unpaired) electrons. The van der Waals surface area contributed by atoms with Crippen molar-refractivity contribution in [3.05, 3.63) is 93.2 Å². The van der Waals surface area contributed by atoms with Crippen LogP contribution < -0.4 is 10.3 Å². The van der Waals surface area contributed by atoms with E-state index in [1.54, 1.807) is 0 Å². The first kappa shape index (κ1) is 24.8. The molecule has 2 aromatic carbocycles. The Balaban J connectivity index is 1.64. The van der Waals surface area contributed by atoms with Crippen LogP contribution in [0.15, 0.2) is 59.5 Å². The summed E-state index contributed by atoms with van der Waals surface area (Å²) >= 11 is 0. The fourth-order valence-corrected chi connectivity index (χ4v) is 4.55. The van der Waals surface area contributed by atoms with Gasteiger partial charge >= 0.3 is 12.4 Å². The number of H-pyrrole nitrogens is 1. The Kier molecular flexibility index (Phi) is 6.66. The molecular formula is C25H22F6N2O2. The maximum Gasteiger partial charge on any atom is 0.416 e. The van der Waals surface area contributed by atoms with Gasteiger partial charge in [0.15, 0.2) is 0 Å². The van der Waals surface area contributed by atoms with Gasteiger partial charge in [-0.1, -0.05) is 43.2 Å². The van der Waals surface area contributed by atoms with E-state index in [0.717, 1.165) is 17.7 Å². The van der Waals surface area contributed by atoms with Crippen LogP contribution in [-0.4, -0.2) is 9.97 Å².